The Kier molecular flexibility index (Phi) is 5.96. The second-order valence-electron chi connectivity index (χ2n) is 7.64. The molecule has 1 aromatic carbocycles. The number of carbonyl (C=O) groups is 1. The maximum Gasteiger partial charge on any atom is 0.229 e. The number of thiophene rings is 1. The Morgan fingerprint density at radius 2 is 1.79 bits per heavy atom. The maximum atomic E-state index is 13.1. The molecule has 0 spiro atoms. The lowest BCUT2D eigenvalue weighted by Gasteiger charge is -2.38. The monoisotopic (exact) mass is 418 g/mol. The van der Waals surface area contributed by atoms with Gasteiger partial charge in [-0.15, -0.1) is 4.31 Å². The summed E-state index contributed by atoms with van der Waals surface area (Å²) in [6.45, 7) is 2.32. The fourth-order valence-corrected chi connectivity index (χ4v) is 6.98. The first-order valence-corrected chi connectivity index (χ1v) is 12.2. The molecule has 1 amide bonds. The number of benzene rings is 1. The quantitative estimate of drug-likeness (QED) is 0.710. The van der Waals surface area contributed by atoms with Crippen LogP contribution in [-0.4, -0.2) is 45.8 Å². The van der Waals surface area contributed by atoms with Gasteiger partial charge >= 0.3 is 0 Å². The second-order valence-corrected chi connectivity index (χ2v) is 10.8. The molecule has 2 aromatic rings. The van der Waals surface area contributed by atoms with Crippen LogP contribution in [0.25, 0.3) is 0 Å². The zero-order chi connectivity index (χ0) is 19.6. The third-order valence-electron chi connectivity index (χ3n) is 5.90. The fraction of sp³-hybridized carbons (Fsp3) is 0.476. The summed E-state index contributed by atoms with van der Waals surface area (Å²) in [5.41, 5.74) is 1.35. The smallest absolute Gasteiger partial charge is 0.229 e. The SMILES string of the molecule is O=C(C1CCCN([S+](=O)([O-])c2cccs2)C1)N1CCC(c2ccccc2)CC1. The van der Waals surface area contributed by atoms with Gasteiger partial charge in [0, 0.05) is 25.7 Å². The Morgan fingerprint density at radius 1 is 1.04 bits per heavy atom. The van der Waals surface area contributed by atoms with Gasteiger partial charge in [-0.1, -0.05) is 45.9 Å². The molecule has 4 rings (SSSR count). The molecule has 3 heterocycles. The first kappa shape index (κ1) is 19.8. The van der Waals surface area contributed by atoms with Gasteiger partial charge in [0.15, 0.2) is 10.4 Å². The normalized spacial score (nSPS) is 24.0. The number of hydrogen-bond donors (Lipinski definition) is 0. The van der Waals surface area contributed by atoms with Crippen LogP contribution in [0.15, 0.2) is 52.1 Å². The molecule has 0 bridgehead atoms. The van der Waals surface area contributed by atoms with Gasteiger partial charge in [0.05, 0.1) is 12.5 Å². The van der Waals surface area contributed by atoms with Crippen molar-refractivity contribution in [3.05, 3.63) is 53.4 Å². The summed E-state index contributed by atoms with van der Waals surface area (Å²) in [6, 6.07) is 13.9. The van der Waals surface area contributed by atoms with Gasteiger partial charge < -0.3 is 9.45 Å². The molecule has 0 N–H and O–H groups in total. The molecule has 2 unspecified atom stereocenters. The molecule has 1 aromatic heterocycles. The molecule has 0 saturated carbocycles. The van der Waals surface area contributed by atoms with Gasteiger partial charge in [0.1, 0.15) is 0 Å². The molecule has 2 aliphatic heterocycles. The summed E-state index contributed by atoms with van der Waals surface area (Å²) >= 11 is 1.23. The highest BCUT2D eigenvalue weighted by atomic mass is 32.3. The van der Waals surface area contributed by atoms with Gasteiger partial charge in [-0.3, -0.25) is 4.79 Å². The number of sulfonamides is 1. The van der Waals surface area contributed by atoms with Crippen molar-refractivity contribution in [1.29, 1.82) is 0 Å². The van der Waals surface area contributed by atoms with Crippen LogP contribution in [0.2, 0.25) is 0 Å². The van der Waals surface area contributed by atoms with Crippen LogP contribution in [0.3, 0.4) is 0 Å². The zero-order valence-electron chi connectivity index (χ0n) is 15.9. The summed E-state index contributed by atoms with van der Waals surface area (Å²) in [7, 11) is -3.48. The third kappa shape index (κ3) is 4.08. The van der Waals surface area contributed by atoms with Crippen molar-refractivity contribution >= 4 is 27.6 Å². The van der Waals surface area contributed by atoms with Crippen molar-refractivity contribution in [3.8, 4) is 0 Å². The summed E-state index contributed by atoms with van der Waals surface area (Å²) in [5.74, 6) is 0.404. The lowest BCUT2D eigenvalue weighted by atomic mass is 9.88. The standard InChI is InChI=1S/C21H26N2O3S2/c24-21(22-13-10-18(11-14-22)17-6-2-1-3-7-17)19-8-4-12-23(16-19)28(25,26)20-9-5-15-27-20/h1-3,5-7,9,15,18-19H,4,8,10-14,16H2. The molecular weight excluding hydrogens is 392 g/mol. The van der Waals surface area contributed by atoms with E-state index in [9.17, 15) is 13.6 Å². The van der Waals surface area contributed by atoms with E-state index in [4.69, 9.17) is 0 Å². The van der Waals surface area contributed by atoms with Crippen molar-refractivity contribution in [1.82, 2.24) is 9.21 Å². The highest BCUT2D eigenvalue weighted by Crippen LogP contribution is 2.32. The number of rotatable bonds is 4. The van der Waals surface area contributed by atoms with E-state index in [0.29, 0.717) is 23.2 Å². The molecule has 2 fully saturated rings. The highest BCUT2D eigenvalue weighted by Gasteiger charge is 2.39. The molecule has 0 radical (unpaired) electrons. The predicted molar refractivity (Wildman–Crippen MR) is 111 cm³/mol. The summed E-state index contributed by atoms with van der Waals surface area (Å²) in [5, 5.41) is 1.77. The number of amides is 1. The van der Waals surface area contributed by atoms with Crippen LogP contribution >= 0.6 is 11.3 Å². The van der Waals surface area contributed by atoms with E-state index in [1.165, 1.54) is 21.2 Å². The van der Waals surface area contributed by atoms with E-state index in [2.05, 4.69) is 24.3 Å². The minimum Gasteiger partial charge on any atom is -0.592 e. The van der Waals surface area contributed by atoms with Gasteiger partial charge in [-0.25, -0.2) is 0 Å². The highest BCUT2D eigenvalue weighted by molar-refractivity contribution is 7.97. The number of nitrogens with zero attached hydrogens (tertiary/aromatic N) is 2. The van der Waals surface area contributed by atoms with Crippen molar-refractivity contribution in [3.63, 3.8) is 0 Å². The average molecular weight is 419 g/mol. The topological polar surface area (TPSA) is 63.7 Å². The largest absolute Gasteiger partial charge is 0.592 e. The van der Waals surface area contributed by atoms with Crippen molar-refractivity contribution < 1.29 is 13.6 Å². The Hall–Kier alpha value is -1.54. The number of likely N-dealkylation sites (tertiary alicyclic amines) is 1. The van der Waals surface area contributed by atoms with Crippen LogP contribution in [-0.2, 0) is 19.4 Å². The molecule has 7 heteroatoms. The van der Waals surface area contributed by atoms with E-state index in [1.807, 2.05) is 11.0 Å². The summed E-state index contributed by atoms with van der Waals surface area (Å²) in [4.78, 5) is 15.0. The maximum absolute atomic E-state index is 13.1. The van der Waals surface area contributed by atoms with E-state index < -0.39 is 10.4 Å². The number of hydrogen-bond acceptors (Lipinski definition) is 4. The Labute approximate surface area is 171 Å². The van der Waals surface area contributed by atoms with Gasteiger partial charge in [-0.05, 0) is 48.6 Å². The molecule has 5 nitrogen and oxygen atoms in total. The molecule has 2 saturated heterocycles. The van der Waals surface area contributed by atoms with E-state index >= 15 is 0 Å². The Bertz CT molecular complexity index is 833. The number of piperidine rings is 2. The van der Waals surface area contributed by atoms with E-state index in [-0.39, 0.29) is 11.8 Å². The van der Waals surface area contributed by atoms with Gasteiger partial charge in [0.25, 0.3) is 0 Å². The zero-order valence-corrected chi connectivity index (χ0v) is 17.5. The van der Waals surface area contributed by atoms with Crippen molar-refractivity contribution in [2.24, 2.45) is 5.92 Å². The second kappa shape index (κ2) is 8.45. The average Bonchev–Trinajstić information content (AvgIpc) is 3.30. The van der Waals surface area contributed by atoms with Gasteiger partial charge in [0.2, 0.25) is 10.1 Å². The molecule has 2 aliphatic rings. The number of carbonyl (C=O) groups excluding carboxylic acids is 1. The first-order valence-electron chi connectivity index (χ1n) is 9.93. The molecule has 150 valence electrons. The Morgan fingerprint density at radius 3 is 2.46 bits per heavy atom. The minimum absolute atomic E-state index is 0.123. The summed E-state index contributed by atoms with van der Waals surface area (Å²) in [6.07, 6.45) is 3.45. The van der Waals surface area contributed by atoms with Crippen LogP contribution in [0.5, 0.6) is 0 Å². The van der Waals surface area contributed by atoms with E-state index in [0.717, 1.165) is 38.8 Å². The minimum atomic E-state index is -3.48. The van der Waals surface area contributed by atoms with Crippen LogP contribution in [0.4, 0.5) is 0 Å². The predicted octanol–water partition coefficient (Wildman–Crippen LogP) is 3.77. The first-order chi connectivity index (χ1) is 13.6. The summed E-state index contributed by atoms with van der Waals surface area (Å²) < 4.78 is 27.5. The molecule has 2 atom stereocenters. The third-order valence-corrected chi connectivity index (χ3v) is 9.14. The molecule has 0 aliphatic carbocycles. The van der Waals surface area contributed by atoms with Gasteiger partial charge in [-0.2, -0.15) is 0 Å². The lowest BCUT2D eigenvalue weighted by molar-refractivity contribution is -0.137. The van der Waals surface area contributed by atoms with Crippen LogP contribution in [0, 0.1) is 5.92 Å². The molecular formula is C21H26N2O3S2. The van der Waals surface area contributed by atoms with Crippen molar-refractivity contribution in [2.45, 2.75) is 35.8 Å². The fourth-order valence-electron chi connectivity index (χ4n) is 4.32. The van der Waals surface area contributed by atoms with Crippen LogP contribution in [0.1, 0.15) is 37.2 Å². The Balaban J connectivity index is 1.37. The van der Waals surface area contributed by atoms with Crippen LogP contribution < -0.4 is 0 Å². The van der Waals surface area contributed by atoms with Crippen molar-refractivity contribution in [2.75, 3.05) is 26.2 Å². The molecule has 28 heavy (non-hydrogen) atoms. The van der Waals surface area contributed by atoms with E-state index in [1.54, 1.807) is 17.5 Å². The lowest BCUT2D eigenvalue weighted by Crippen LogP contribution is -2.49.